The van der Waals surface area contributed by atoms with Crippen molar-refractivity contribution in [3.05, 3.63) is 12.2 Å². The Morgan fingerprint density at radius 2 is 2.40 bits per heavy atom. The molecule has 2 nitrogen and oxygen atoms in total. The van der Waals surface area contributed by atoms with Gasteiger partial charge >= 0.3 is 0 Å². The number of hydrogen-bond donors (Lipinski definition) is 2. The average molecular weight is 140 g/mol. The lowest BCUT2D eigenvalue weighted by Crippen LogP contribution is -2.23. The maximum Gasteiger partial charge on any atom is 0.0229 e. The Labute approximate surface area is 62.5 Å². The van der Waals surface area contributed by atoms with Crippen LogP contribution in [0, 0.1) is 5.92 Å². The quantitative estimate of drug-likeness (QED) is 0.560. The summed E-state index contributed by atoms with van der Waals surface area (Å²) in [6.45, 7) is 4.26. The number of nitrogens with one attached hydrogen (secondary N) is 1. The van der Waals surface area contributed by atoms with Gasteiger partial charge in [0.2, 0.25) is 0 Å². The summed E-state index contributed by atoms with van der Waals surface area (Å²) in [6.07, 6.45) is 5.43. The second-order valence-corrected chi connectivity index (χ2v) is 2.85. The molecular formula is C8H16N2. The molecule has 0 bridgehead atoms. The Morgan fingerprint density at radius 3 is 2.90 bits per heavy atom. The maximum atomic E-state index is 5.68. The highest BCUT2D eigenvalue weighted by Gasteiger charge is 2.13. The van der Waals surface area contributed by atoms with E-state index in [1.165, 1.54) is 0 Å². The lowest BCUT2D eigenvalue weighted by atomic mass is 10.1. The first-order valence-electron chi connectivity index (χ1n) is 3.97. The van der Waals surface area contributed by atoms with Gasteiger partial charge in [0.05, 0.1) is 0 Å². The molecule has 1 aliphatic rings. The van der Waals surface area contributed by atoms with E-state index in [0.29, 0.717) is 12.0 Å². The molecule has 3 N–H and O–H groups in total. The third kappa shape index (κ3) is 2.12. The molecule has 0 aliphatic heterocycles. The van der Waals surface area contributed by atoms with Crippen molar-refractivity contribution in [3.8, 4) is 0 Å². The van der Waals surface area contributed by atoms with Crippen molar-refractivity contribution in [2.45, 2.75) is 19.4 Å². The second kappa shape index (κ2) is 3.74. The van der Waals surface area contributed by atoms with Crippen LogP contribution >= 0.6 is 0 Å². The Balaban J connectivity index is 2.14. The van der Waals surface area contributed by atoms with Gasteiger partial charge in [0.25, 0.3) is 0 Å². The van der Waals surface area contributed by atoms with Crippen LogP contribution in [0.15, 0.2) is 12.2 Å². The van der Waals surface area contributed by atoms with Crippen LogP contribution in [-0.4, -0.2) is 19.1 Å². The fourth-order valence-corrected chi connectivity index (χ4v) is 1.29. The summed E-state index contributed by atoms with van der Waals surface area (Å²) < 4.78 is 0. The van der Waals surface area contributed by atoms with Crippen LogP contribution < -0.4 is 11.1 Å². The van der Waals surface area contributed by atoms with Crippen LogP contribution in [0.2, 0.25) is 0 Å². The number of hydrogen-bond acceptors (Lipinski definition) is 2. The van der Waals surface area contributed by atoms with Crippen LogP contribution in [-0.2, 0) is 0 Å². The van der Waals surface area contributed by atoms with E-state index in [-0.39, 0.29) is 0 Å². The van der Waals surface area contributed by atoms with E-state index in [4.69, 9.17) is 5.73 Å². The Morgan fingerprint density at radius 1 is 1.60 bits per heavy atom. The van der Waals surface area contributed by atoms with E-state index in [1.54, 1.807) is 0 Å². The largest absolute Gasteiger partial charge is 0.324 e. The van der Waals surface area contributed by atoms with Crippen molar-refractivity contribution in [1.82, 2.24) is 5.32 Å². The first-order valence-corrected chi connectivity index (χ1v) is 3.97. The molecule has 0 spiro atoms. The van der Waals surface area contributed by atoms with Gasteiger partial charge in [-0.25, -0.2) is 0 Å². The second-order valence-electron chi connectivity index (χ2n) is 2.85. The van der Waals surface area contributed by atoms with Crippen molar-refractivity contribution < 1.29 is 0 Å². The predicted molar refractivity (Wildman–Crippen MR) is 43.8 cm³/mol. The zero-order valence-electron chi connectivity index (χ0n) is 6.51. The summed E-state index contributed by atoms with van der Waals surface area (Å²) in [7, 11) is 0. The van der Waals surface area contributed by atoms with Gasteiger partial charge in [0.15, 0.2) is 0 Å². The summed E-state index contributed by atoms with van der Waals surface area (Å²) in [5.41, 5.74) is 5.68. The van der Waals surface area contributed by atoms with Crippen LogP contribution in [0.5, 0.6) is 0 Å². The Kier molecular flexibility index (Phi) is 2.90. The van der Waals surface area contributed by atoms with E-state index < -0.39 is 0 Å². The zero-order valence-corrected chi connectivity index (χ0v) is 6.51. The monoisotopic (exact) mass is 140 g/mol. The van der Waals surface area contributed by atoms with Crippen LogP contribution in [0.25, 0.3) is 0 Å². The minimum Gasteiger partial charge on any atom is -0.324 e. The third-order valence-corrected chi connectivity index (χ3v) is 1.86. The molecule has 0 aromatic carbocycles. The highest BCUT2D eigenvalue weighted by atomic mass is 14.8. The number of rotatable bonds is 3. The van der Waals surface area contributed by atoms with Gasteiger partial charge < -0.3 is 11.1 Å². The molecule has 2 atom stereocenters. The van der Waals surface area contributed by atoms with Crippen molar-refractivity contribution in [3.63, 3.8) is 0 Å². The summed E-state index contributed by atoms with van der Waals surface area (Å²) in [4.78, 5) is 0. The molecule has 0 heterocycles. The molecule has 58 valence electrons. The fraction of sp³-hybridized carbons (Fsp3) is 0.750. The van der Waals surface area contributed by atoms with Gasteiger partial charge in [-0.15, -0.1) is 0 Å². The fourth-order valence-electron chi connectivity index (χ4n) is 1.29. The minimum absolute atomic E-state index is 0.309. The smallest absolute Gasteiger partial charge is 0.0229 e. The summed E-state index contributed by atoms with van der Waals surface area (Å²) in [5.74, 6) is 0.676. The summed E-state index contributed by atoms with van der Waals surface area (Å²) in [5, 5.41) is 3.30. The van der Waals surface area contributed by atoms with E-state index in [1.807, 2.05) is 0 Å². The van der Waals surface area contributed by atoms with Gasteiger partial charge in [-0.1, -0.05) is 19.1 Å². The molecule has 0 radical (unpaired) electrons. The Hall–Kier alpha value is -0.340. The first kappa shape index (κ1) is 7.76. The molecular weight excluding hydrogens is 124 g/mol. The Bertz CT molecular complexity index is 120. The summed E-state index contributed by atoms with van der Waals surface area (Å²) >= 11 is 0. The topological polar surface area (TPSA) is 38.0 Å². The van der Waals surface area contributed by atoms with Crippen LogP contribution in [0.4, 0.5) is 0 Å². The highest BCUT2D eigenvalue weighted by molar-refractivity contribution is 5.04. The van der Waals surface area contributed by atoms with E-state index >= 15 is 0 Å². The standard InChI is InChI=1S/C8H16N2/c1-2-10-6-7-3-4-8(9)5-7/h3-4,7-8,10H,2,5-6,9H2,1H3. The van der Waals surface area contributed by atoms with Crippen molar-refractivity contribution in [1.29, 1.82) is 0 Å². The van der Waals surface area contributed by atoms with Crippen molar-refractivity contribution >= 4 is 0 Å². The highest BCUT2D eigenvalue weighted by Crippen LogP contribution is 2.14. The van der Waals surface area contributed by atoms with Gasteiger partial charge in [-0.2, -0.15) is 0 Å². The zero-order chi connectivity index (χ0) is 7.40. The van der Waals surface area contributed by atoms with Gasteiger partial charge in [-0.3, -0.25) is 0 Å². The number of nitrogens with two attached hydrogens (primary N) is 1. The molecule has 2 unspecified atom stereocenters. The van der Waals surface area contributed by atoms with Crippen LogP contribution in [0.3, 0.4) is 0 Å². The molecule has 10 heavy (non-hydrogen) atoms. The van der Waals surface area contributed by atoms with Crippen LogP contribution in [0.1, 0.15) is 13.3 Å². The molecule has 1 aliphatic carbocycles. The lowest BCUT2D eigenvalue weighted by molar-refractivity contribution is 0.538. The molecule has 0 amide bonds. The lowest BCUT2D eigenvalue weighted by Gasteiger charge is -2.08. The van der Waals surface area contributed by atoms with E-state index in [9.17, 15) is 0 Å². The summed E-state index contributed by atoms with van der Waals surface area (Å²) in [6, 6.07) is 0.309. The molecule has 0 aromatic rings. The van der Waals surface area contributed by atoms with Gasteiger partial charge in [0.1, 0.15) is 0 Å². The molecule has 0 aromatic heterocycles. The third-order valence-electron chi connectivity index (χ3n) is 1.86. The van der Waals surface area contributed by atoms with Gasteiger partial charge in [0, 0.05) is 12.6 Å². The SMILES string of the molecule is CCNCC1C=CC(N)C1. The average Bonchev–Trinajstić information content (AvgIpc) is 2.31. The normalized spacial score (nSPS) is 31.4. The van der Waals surface area contributed by atoms with E-state index in [2.05, 4.69) is 24.4 Å². The molecule has 2 heteroatoms. The molecule has 0 fully saturated rings. The van der Waals surface area contributed by atoms with E-state index in [0.717, 1.165) is 19.5 Å². The predicted octanol–water partition coefficient (Wildman–Crippen LogP) is 0.499. The maximum absolute atomic E-state index is 5.68. The molecule has 0 saturated heterocycles. The van der Waals surface area contributed by atoms with Gasteiger partial charge in [-0.05, 0) is 18.9 Å². The van der Waals surface area contributed by atoms with Crippen molar-refractivity contribution in [2.24, 2.45) is 11.7 Å². The van der Waals surface area contributed by atoms with Crippen molar-refractivity contribution in [2.75, 3.05) is 13.1 Å². The molecule has 1 rings (SSSR count). The first-order chi connectivity index (χ1) is 4.83. The minimum atomic E-state index is 0.309. The molecule has 0 saturated carbocycles.